The summed E-state index contributed by atoms with van der Waals surface area (Å²) in [5.41, 5.74) is 6.45. The van der Waals surface area contributed by atoms with Crippen LogP contribution in [0.5, 0.6) is 0 Å². The van der Waals surface area contributed by atoms with Crippen LogP contribution in [0.2, 0.25) is 44.8 Å². The summed E-state index contributed by atoms with van der Waals surface area (Å²) >= 11 is 0. The highest BCUT2D eigenvalue weighted by atomic mass is 28.4. The molecule has 0 unspecified atom stereocenters. The van der Waals surface area contributed by atoms with Crippen LogP contribution >= 0.6 is 0 Å². The molecule has 2 aromatic rings. The molecule has 2 aliphatic carbocycles. The first-order valence-corrected chi connectivity index (χ1v) is 20.8. The Morgan fingerprint density at radius 2 is 1.39 bits per heavy atom. The number of rotatable bonds is 6. The van der Waals surface area contributed by atoms with E-state index in [4.69, 9.17) is 8.85 Å². The highest BCUT2D eigenvalue weighted by Crippen LogP contribution is 2.42. The van der Waals surface area contributed by atoms with Crippen LogP contribution in [-0.4, -0.2) is 38.9 Å². The van der Waals surface area contributed by atoms with Crippen molar-refractivity contribution >= 4 is 40.3 Å². The van der Waals surface area contributed by atoms with Crippen molar-refractivity contribution in [1.82, 2.24) is 0 Å². The predicted molar refractivity (Wildman–Crippen MR) is 142 cm³/mol. The first-order chi connectivity index (χ1) is 14.5. The van der Waals surface area contributed by atoms with Crippen molar-refractivity contribution in [3.63, 3.8) is 0 Å². The molecular formula is C26H40O2Si3. The molecule has 0 aromatic heterocycles. The Morgan fingerprint density at radius 3 is 1.94 bits per heavy atom. The zero-order valence-corrected chi connectivity index (χ0v) is 23.8. The van der Waals surface area contributed by atoms with Gasteiger partial charge in [0.1, 0.15) is 0 Å². The minimum absolute atomic E-state index is 0.561. The van der Waals surface area contributed by atoms with Gasteiger partial charge >= 0.3 is 8.56 Å². The van der Waals surface area contributed by atoms with E-state index in [1.165, 1.54) is 53.1 Å². The second-order valence-corrected chi connectivity index (χ2v) is 25.2. The molecule has 5 heteroatoms. The molecule has 0 aliphatic heterocycles. The van der Waals surface area contributed by atoms with Crippen molar-refractivity contribution in [3.8, 4) is 11.1 Å². The molecule has 0 saturated heterocycles. The fourth-order valence-corrected chi connectivity index (χ4v) is 14.1. The molecule has 2 aliphatic rings. The predicted octanol–water partition coefficient (Wildman–Crippen LogP) is 5.23. The fraction of sp³-hybridized carbons (Fsp3) is 0.538. The van der Waals surface area contributed by atoms with E-state index in [1.54, 1.807) is 10.4 Å². The van der Waals surface area contributed by atoms with E-state index in [-0.39, 0.29) is 0 Å². The van der Waals surface area contributed by atoms with Gasteiger partial charge < -0.3 is 8.85 Å². The Hall–Kier alpha value is -0.989. The quantitative estimate of drug-likeness (QED) is 0.461. The van der Waals surface area contributed by atoms with Crippen LogP contribution in [-0.2, 0) is 15.3 Å². The van der Waals surface area contributed by atoms with Crippen LogP contribution in [0.4, 0.5) is 0 Å². The average molecular weight is 469 g/mol. The lowest BCUT2D eigenvalue weighted by Crippen LogP contribution is -2.66. The number of hydrogen-bond acceptors (Lipinski definition) is 2. The first-order valence-electron chi connectivity index (χ1n) is 11.9. The summed E-state index contributed by atoms with van der Waals surface area (Å²) in [6, 6.07) is 12.1. The van der Waals surface area contributed by atoms with E-state index < -0.39 is 24.7 Å². The maximum absolute atomic E-state index is 6.54. The summed E-state index contributed by atoms with van der Waals surface area (Å²) in [4.78, 5) is 0. The van der Waals surface area contributed by atoms with Gasteiger partial charge in [0.2, 0.25) is 0 Å². The summed E-state index contributed by atoms with van der Waals surface area (Å²) in [6.45, 7) is 14.8. The fourth-order valence-electron chi connectivity index (χ4n) is 5.90. The van der Waals surface area contributed by atoms with E-state index in [2.05, 4.69) is 69.6 Å². The minimum Gasteiger partial charge on any atom is -0.394 e. The van der Waals surface area contributed by atoms with E-state index in [0.29, 0.717) is 5.54 Å². The Balaban J connectivity index is 1.96. The van der Waals surface area contributed by atoms with E-state index in [0.717, 1.165) is 6.42 Å². The zero-order valence-electron chi connectivity index (χ0n) is 20.8. The van der Waals surface area contributed by atoms with E-state index in [9.17, 15) is 0 Å². The molecule has 0 amide bonds. The summed E-state index contributed by atoms with van der Waals surface area (Å²) in [5, 5.41) is 4.63. The number of fused-ring (bicyclic) bond motifs is 3. The molecule has 0 bridgehead atoms. The van der Waals surface area contributed by atoms with Gasteiger partial charge in [-0.25, -0.2) is 0 Å². The van der Waals surface area contributed by atoms with Gasteiger partial charge in [0.05, 0.1) is 16.1 Å². The van der Waals surface area contributed by atoms with Crippen LogP contribution in [0.15, 0.2) is 30.3 Å². The second-order valence-electron chi connectivity index (χ2n) is 11.6. The second kappa shape index (κ2) is 8.10. The van der Waals surface area contributed by atoms with Gasteiger partial charge in [0, 0.05) is 19.8 Å². The summed E-state index contributed by atoms with van der Waals surface area (Å²) in [5.74, 6) is 0. The Morgan fingerprint density at radius 1 is 0.774 bits per heavy atom. The van der Waals surface area contributed by atoms with Crippen LogP contribution < -0.4 is 15.6 Å². The molecule has 31 heavy (non-hydrogen) atoms. The lowest BCUT2D eigenvalue weighted by atomic mass is 10.1. The number of benzene rings is 2. The lowest BCUT2D eigenvalue weighted by molar-refractivity contribution is 0.244. The highest BCUT2D eigenvalue weighted by molar-refractivity contribution is 6.96. The third-order valence-corrected chi connectivity index (χ3v) is 16.1. The van der Waals surface area contributed by atoms with Crippen LogP contribution in [0.1, 0.15) is 36.8 Å². The smallest absolute Gasteiger partial charge is 0.375 e. The Bertz CT molecular complexity index is 975. The van der Waals surface area contributed by atoms with Gasteiger partial charge in [0.15, 0.2) is 0 Å². The molecule has 0 spiro atoms. The minimum atomic E-state index is -2.54. The van der Waals surface area contributed by atoms with E-state index >= 15 is 0 Å². The molecule has 1 saturated carbocycles. The van der Waals surface area contributed by atoms with Crippen molar-refractivity contribution in [3.05, 3.63) is 41.5 Å². The molecule has 2 aromatic carbocycles. The van der Waals surface area contributed by atoms with E-state index in [1.807, 2.05) is 14.2 Å². The molecule has 4 rings (SSSR count). The SMILES string of the molecule is CO[Si](OC)(c1c([Si](C)(C)C)ccc2c1Cc1cc([Si](C)(C)C)ccc1-2)C1CCCC1. The highest BCUT2D eigenvalue weighted by Gasteiger charge is 2.51. The van der Waals surface area contributed by atoms with Gasteiger partial charge in [-0.15, -0.1) is 0 Å². The maximum atomic E-state index is 6.54. The molecular weight excluding hydrogens is 429 g/mol. The van der Waals surface area contributed by atoms with Crippen molar-refractivity contribution in [2.75, 3.05) is 14.2 Å². The van der Waals surface area contributed by atoms with Crippen molar-refractivity contribution < 1.29 is 8.85 Å². The molecule has 0 radical (unpaired) electrons. The van der Waals surface area contributed by atoms with Crippen LogP contribution in [0.3, 0.4) is 0 Å². The zero-order chi connectivity index (χ0) is 22.6. The average Bonchev–Trinajstić information content (AvgIpc) is 3.35. The van der Waals surface area contributed by atoms with Crippen molar-refractivity contribution in [2.45, 2.75) is 76.9 Å². The molecule has 2 nitrogen and oxygen atoms in total. The number of hydrogen-bond donors (Lipinski definition) is 0. The summed E-state index contributed by atoms with van der Waals surface area (Å²) < 4.78 is 13.1. The van der Waals surface area contributed by atoms with Crippen molar-refractivity contribution in [2.24, 2.45) is 0 Å². The Kier molecular flexibility index (Phi) is 6.06. The third kappa shape index (κ3) is 3.86. The molecule has 168 valence electrons. The summed E-state index contributed by atoms with van der Waals surface area (Å²) in [7, 11) is -1.61. The van der Waals surface area contributed by atoms with Gasteiger partial charge in [-0.1, -0.05) is 92.8 Å². The maximum Gasteiger partial charge on any atom is 0.375 e. The molecule has 1 fully saturated rings. The van der Waals surface area contributed by atoms with Gasteiger partial charge in [-0.05, 0) is 46.7 Å². The normalized spacial score (nSPS) is 17.2. The first kappa shape index (κ1) is 23.2. The lowest BCUT2D eigenvalue weighted by Gasteiger charge is -2.38. The van der Waals surface area contributed by atoms with Gasteiger partial charge in [0.25, 0.3) is 0 Å². The topological polar surface area (TPSA) is 18.5 Å². The molecule has 0 heterocycles. The molecule has 0 atom stereocenters. The summed E-state index contributed by atoms with van der Waals surface area (Å²) in [6.07, 6.45) is 6.14. The molecule has 0 N–H and O–H groups in total. The van der Waals surface area contributed by atoms with Crippen LogP contribution in [0, 0.1) is 0 Å². The Labute approximate surface area is 192 Å². The third-order valence-electron chi connectivity index (χ3n) is 7.60. The van der Waals surface area contributed by atoms with Crippen LogP contribution in [0.25, 0.3) is 11.1 Å². The monoisotopic (exact) mass is 468 g/mol. The van der Waals surface area contributed by atoms with Gasteiger partial charge in [-0.2, -0.15) is 0 Å². The standard InChI is InChI=1S/C26H40O2Si3/c1-27-31(28-2,20-11-9-10-12-20)26-24-18-19-17-21(29(3,4)5)13-14-22(19)23(24)15-16-25(26)30(6,7)8/h13-17,20H,9-12,18H2,1-8H3. The largest absolute Gasteiger partial charge is 0.394 e. The van der Waals surface area contributed by atoms with Gasteiger partial charge in [-0.3, -0.25) is 0 Å². The van der Waals surface area contributed by atoms with Crippen molar-refractivity contribution in [1.29, 1.82) is 0 Å².